The van der Waals surface area contributed by atoms with Crippen molar-refractivity contribution in [1.82, 2.24) is 4.72 Å². The Bertz CT molecular complexity index is 211. The quantitative estimate of drug-likeness (QED) is 0.625. The second kappa shape index (κ2) is 6.34. The van der Waals surface area contributed by atoms with Crippen LogP contribution in [0.2, 0.25) is 0 Å². The second-order valence-electron chi connectivity index (χ2n) is 3.41. The van der Waals surface area contributed by atoms with Gasteiger partial charge in [-0.25, -0.2) is 13.1 Å². The van der Waals surface area contributed by atoms with Crippen molar-refractivity contribution >= 4 is 10.0 Å². The molecule has 0 aromatic heterocycles. The summed E-state index contributed by atoms with van der Waals surface area (Å²) in [5.74, 6) is 0.491. The van der Waals surface area contributed by atoms with Crippen LogP contribution in [0.5, 0.6) is 0 Å². The zero-order valence-electron chi connectivity index (χ0n) is 8.54. The maximum absolute atomic E-state index is 11.2. The minimum absolute atomic E-state index is 0.146. The topological polar surface area (TPSA) is 55.4 Å². The fraction of sp³-hybridized carbons (Fsp3) is 1.00. The molecule has 0 unspecified atom stereocenters. The van der Waals surface area contributed by atoms with E-state index >= 15 is 0 Å². The standard InChI is InChI=1S/C8H19NO3S/c1-8(2)7-9-13(10,11)6-4-5-12-3/h8-9H,4-7H2,1-3H3. The van der Waals surface area contributed by atoms with Crippen LogP contribution in [0.15, 0.2) is 0 Å². The van der Waals surface area contributed by atoms with E-state index in [9.17, 15) is 8.42 Å². The van der Waals surface area contributed by atoms with Crippen molar-refractivity contribution in [3.63, 3.8) is 0 Å². The van der Waals surface area contributed by atoms with E-state index in [2.05, 4.69) is 4.72 Å². The summed E-state index contributed by atoms with van der Waals surface area (Å²) in [4.78, 5) is 0. The number of hydrogen-bond donors (Lipinski definition) is 1. The van der Waals surface area contributed by atoms with Gasteiger partial charge in [0.2, 0.25) is 10.0 Å². The van der Waals surface area contributed by atoms with E-state index < -0.39 is 10.0 Å². The highest BCUT2D eigenvalue weighted by molar-refractivity contribution is 7.89. The summed E-state index contributed by atoms with van der Waals surface area (Å²) >= 11 is 0. The predicted molar refractivity (Wildman–Crippen MR) is 53.1 cm³/mol. The summed E-state index contributed by atoms with van der Waals surface area (Å²) in [7, 11) is -1.52. The first kappa shape index (κ1) is 12.9. The largest absolute Gasteiger partial charge is 0.385 e. The number of methoxy groups -OCH3 is 1. The average molecular weight is 209 g/mol. The smallest absolute Gasteiger partial charge is 0.211 e. The average Bonchev–Trinajstić information content (AvgIpc) is 2.02. The molecule has 0 bridgehead atoms. The number of hydrogen-bond acceptors (Lipinski definition) is 3. The van der Waals surface area contributed by atoms with Crippen molar-refractivity contribution in [2.75, 3.05) is 26.0 Å². The van der Waals surface area contributed by atoms with Crippen molar-refractivity contribution in [3.05, 3.63) is 0 Å². The highest BCUT2D eigenvalue weighted by Crippen LogP contribution is 1.93. The monoisotopic (exact) mass is 209 g/mol. The third kappa shape index (κ3) is 8.21. The Kier molecular flexibility index (Phi) is 6.28. The first-order valence-electron chi connectivity index (χ1n) is 4.44. The van der Waals surface area contributed by atoms with Gasteiger partial charge in [-0.3, -0.25) is 0 Å². The molecule has 0 fully saturated rings. The van der Waals surface area contributed by atoms with Crippen molar-refractivity contribution in [2.24, 2.45) is 5.92 Å². The van der Waals surface area contributed by atoms with Gasteiger partial charge in [-0.2, -0.15) is 0 Å². The van der Waals surface area contributed by atoms with Crippen molar-refractivity contribution in [1.29, 1.82) is 0 Å². The van der Waals surface area contributed by atoms with E-state index in [-0.39, 0.29) is 5.75 Å². The van der Waals surface area contributed by atoms with Crippen molar-refractivity contribution in [3.8, 4) is 0 Å². The molecule has 0 aliphatic rings. The molecule has 4 nitrogen and oxygen atoms in total. The third-order valence-corrected chi connectivity index (χ3v) is 2.91. The lowest BCUT2D eigenvalue weighted by Gasteiger charge is -2.07. The molecular formula is C8H19NO3S. The number of ether oxygens (including phenoxy) is 1. The van der Waals surface area contributed by atoms with Crippen LogP contribution in [-0.4, -0.2) is 34.4 Å². The van der Waals surface area contributed by atoms with Crippen LogP contribution in [0.25, 0.3) is 0 Å². The fourth-order valence-electron chi connectivity index (χ4n) is 0.759. The lowest BCUT2D eigenvalue weighted by Crippen LogP contribution is -2.30. The SMILES string of the molecule is COCCCS(=O)(=O)NCC(C)C. The number of rotatable bonds is 7. The molecule has 13 heavy (non-hydrogen) atoms. The second-order valence-corrected chi connectivity index (χ2v) is 5.33. The normalized spacial score (nSPS) is 12.3. The third-order valence-electron chi connectivity index (χ3n) is 1.47. The molecular weight excluding hydrogens is 190 g/mol. The van der Waals surface area contributed by atoms with Crippen LogP contribution in [-0.2, 0) is 14.8 Å². The van der Waals surface area contributed by atoms with Gasteiger partial charge in [-0.1, -0.05) is 13.8 Å². The Balaban J connectivity index is 3.68. The summed E-state index contributed by atoms with van der Waals surface area (Å²) in [5.41, 5.74) is 0. The van der Waals surface area contributed by atoms with Crippen LogP contribution >= 0.6 is 0 Å². The van der Waals surface area contributed by atoms with Gasteiger partial charge in [0.15, 0.2) is 0 Å². The molecule has 0 rings (SSSR count). The first-order valence-corrected chi connectivity index (χ1v) is 6.09. The Hall–Kier alpha value is -0.130. The molecule has 0 aliphatic carbocycles. The highest BCUT2D eigenvalue weighted by atomic mass is 32.2. The summed E-state index contributed by atoms with van der Waals surface area (Å²) in [6.45, 7) is 4.94. The summed E-state index contributed by atoms with van der Waals surface area (Å²) in [5, 5.41) is 0. The van der Waals surface area contributed by atoms with E-state index in [1.807, 2.05) is 13.8 Å². The molecule has 1 N–H and O–H groups in total. The maximum Gasteiger partial charge on any atom is 0.211 e. The van der Waals surface area contributed by atoms with Crippen molar-refractivity contribution in [2.45, 2.75) is 20.3 Å². The number of nitrogens with one attached hydrogen (secondary N) is 1. The van der Waals surface area contributed by atoms with Gasteiger partial charge in [0.1, 0.15) is 0 Å². The number of sulfonamides is 1. The van der Waals surface area contributed by atoms with E-state index in [1.54, 1.807) is 7.11 Å². The van der Waals surface area contributed by atoms with Gasteiger partial charge < -0.3 is 4.74 Å². The van der Waals surface area contributed by atoms with Crippen LogP contribution in [0, 0.1) is 5.92 Å². The Morgan fingerprint density at radius 3 is 2.46 bits per heavy atom. The van der Waals surface area contributed by atoms with Gasteiger partial charge in [0.05, 0.1) is 5.75 Å². The summed E-state index contributed by atoms with van der Waals surface area (Å²) < 4.78 is 29.8. The van der Waals surface area contributed by atoms with Crippen LogP contribution in [0.1, 0.15) is 20.3 Å². The molecule has 0 aromatic rings. The summed E-state index contributed by atoms with van der Waals surface area (Å²) in [6, 6.07) is 0. The molecule has 0 atom stereocenters. The van der Waals surface area contributed by atoms with E-state index in [0.29, 0.717) is 25.5 Å². The zero-order chi connectivity index (χ0) is 10.3. The molecule has 0 amide bonds. The van der Waals surface area contributed by atoms with Crippen molar-refractivity contribution < 1.29 is 13.2 Å². The Morgan fingerprint density at radius 1 is 1.38 bits per heavy atom. The molecule has 0 aliphatic heterocycles. The molecule has 0 saturated heterocycles. The maximum atomic E-state index is 11.2. The van der Waals surface area contributed by atoms with Gasteiger partial charge in [0.25, 0.3) is 0 Å². The molecule has 0 aromatic carbocycles. The van der Waals surface area contributed by atoms with Crippen LogP contribution < -0.4 is 4.72 Å². The summed E-state index contributed by atoms with van der Waals surface area (Å²) in [6.07, 6.45) is 0.546. The van der Waals surface area contributed by atoms with Gasteiger partial charge >= 0.3 is 0 Å². The lowest BCUT2D eigenvalue weighted by atomic mass is 10.2. The highest BCUT2D eigenvalue weighted by Gasteiger charge is 2.09. The Morgan fingerprint density at radius 2 is 2.00 bits per heavy atom. The molecule has 0 heterocycles. The molecule has 0 spiro atoms. The van der Waals surface area contributed by atoms with Crippen LogP contribution in [0.3, 0.4) is 0 Å². The predicted octanol–water partition coefficient (Wildman–Crippen LogP) is 0.598. The van der Waals surface area contributed by atoms with E-state index in [0.717, 1.165) is 0 Å². The van der Waals surface area contributed by atoms with E-state index in [1.165, 1.54) is 0 Å². The molecule has 5 heteroatoms. The minimum Gasteiger partial charge on any atom is -0.385 e. The lowest BCUT2D eigenvalue weighted by molar-refractivity contribution is 0.199. The first-order chi connectivity index (χ1) is 5.98. The van der Waals surface area contributed by atoms with Gasteiger partial charge in [-0.05, 0) is 12.3 Å². The van der Waals surface area contributed by atoms with Gasteiger partial charge in [0, 0.05) is 20.3 Å². The van der Waals surface area contributed by atoms with Gasteiger partial charge in [-0.15, -0.1) is 0 Å². The molecule has 80 valence electrons. The molecule has 0 saturated carbocycles. The van der Waals surface area contributed by atoms with E-state index in [4.69, 9.17) is 4.74 Å². The Labute approximate surface area is 80.7 Å². The molecule has 0 radical (unpaired) electrons. The zero-order valence-corrected chi connectivity index (χ0v) is 9.36. The van der Waals surface area contributed by atoms with Crippen LogP contribution in [0.4, 0.5) is 0 Å². The minimum atomic E-state index is -3.08. The fourth-order valence-corrected chi connectivity index (χ4v) is 1.99.